The number of rotatable bonds is 7. The molecule has 4 atom stereocenters. The van der Waals surface area contributed by atoms with Crippen molar-refractivity contribution in [1.82, 2.24) is 5.01 Å². The highest BCUT2D eigenvalue weighted by Gasteiger charge is 2.59. The predicted octanol–water partition coefficient (Wildman–Crippen LogP) is 5.87. The second-order valence-electron chi connectivity index (χ2n) is 8.52. The number of nitrogens with zero attached hydrogens (tertiary/aromatic N) is 2. The Morgan fingerprint density at radius 3 is 2.44 bits per heavy atom. The van der Waals surface area contributed by atoms with Gasteiger partial charge in [0, 0.05) is 15.6 Å². The van der Waals surface area contributed by atoms with E-state index in [1.165, 1.54) is 6.21 Å². The molecule has 0 radical (unpaired) electrons. The predicted molar refractivity (Wildman–Crippen MR) is 133 cm³/mol. The molecule has 176 valence electrons. The van der Waals surface area contributed by atoms with Crippen LogP contribution in [-0.2, 0) is 16.2 Å². The van der Waals surface area contributed by atoms with Gasteiger partial charge in [-0.1, -0.05) is 41.4 Å². The molecule has 1 heterocycles. The van der Waals surface area contributed by atoms with Gasteiger partial charge in [-0.2, -0.15) is 10.1 Å². The molecule has 1 saturated heterocycles. The van der Waals surface area contributed by atoms with E-state index in [-0.39, 0.29) is 42.1 Å². The van der Waals surface area contributed by atoms with Crippen molar-refractivity contribution in [1.29, 1.82) is 0 Å². The van der Waals surface area contributed by atoms with Crippen LogP contribution in [0.25, 0.3) is 0 Å². The Morgan fingerprint density at radius 1 is 1.09 bits per heavy atom. The number of ether oxygens (including phenoxy) is 2. The Balaban J connectivity index is 1.35. The third kappa shape index (κ3) is 4.14. The van der Waals surface area contributed by atoms with Gasteiger partial charge in [-0.15, -0.1) is 0 Å². The Bertz CT molecular complexity index is 1200. The summed E-state index contributed by atoms with van der Waals surface area (Å²) in [5.74, 6) is 0.324. The van der Waals surface area contributed by atoms with Crippen LogP contribution in [0.2, 0.25) is 10.0 Å². The van der Waals surface area contributed by atoms with Gasteiger partial charge in [-0.3, -0.25) is 9.59 Å². The number of imide groups is 1. The van der Waals surface area contributed by atoms with Crippen molar-refractivity contribution >= 4 is 57.2 Å². The fourth-order valence-corrected chi connectivity index (χ4v) is 6.02. The van der Waals surface area contributed by atoms with Gasteiger partial charge in [0.1, 0.15) is 6.61 Å². The number of hydrogen-bond donors (Lipinski definition) is 0. The van der Waals surface area contributed by atoms with E-state index >= 15 is 0 Å². The molecule has 0 aromatic heterocycles. The summed E-state index contributed by atoms with van der Waals surface area (Å²) in [6.45, 7) is 2.52. The van der Waals surface area contributed by atoms with Crippen molar-refractivity contribution < 1.29 is 19.1 Å². The first kappa shape index (κ1) is 23.4. The van der Waals surface area contributed by atoms with Crippen LogP contribution >= 0.6 is 39.1 Å². The molecule has 0 spiro atoms. The first-order valence-electron chi connectivity index (χ1n) is 11.0. The van der Waals surface area contributed by atoms with Crippen LogP contribution in [0.15, 0.2) is 52.1 Å². The fraction of sp³-hybridized carbons (Fsp3) is 0.320. The molecule has 2 aromatic rings. The number of carbonyl (C=O) groups is 2. The average Bonchev–Trinajstić information content (AvgIpc) is 3.47. The Hall–Kier alpha value is -2.35. The van der Waals surface area contributed by atoms with E-state index < -0.39 is 0 Å². The monoisotopic (exact) mass is 562 g/mol. The fourth-order valence-electron chi connectivity index (χ4n) is 4.98. The van der Waals surface area contributed by atoms with E-state index in [1.807, 2.05) is 6.92 Å². The number of carbonyl (C=O) groups excluding carboxylic acids is 2. The van der Waals surface area contributed by atoms with Crippen LogP contribution in [-0.4, -0.2) is 29.6 Å². The summed E-state index contributed by atoms with van der Waals surface area (Å²) in [4.78, 5) is 25.7. The van der Waals surface area contributed by atoms with Gasteiger partial charge in [0.25, 0.3) is 11.8 Å². The lowest BCUT2D eigenvalue weighted by molar-refractivity contribution is -0.140. The quantitative estimate of drug-likeness (QED) is 0.240. The van der Waals surface area contributed by atoms with Crippen LogP contribution in [0.4, 0.5) is 0 Å². The van der Waals surface area contributed by atoms with Gasteiger partial charge in [0.15, 0.2) is 11.5 Å². The second-order valence-corrected chi connectivity index (χ2v) is 10.2. The van der Waals surface area contributed by atoms with Crippen molar-refractivity contribution in [2.24, 2.45) is 28.8 Å². The van der Waals surface area contributed by atoms with Gasteiger partial charge in [0.05, 0.1) is 29.1 Å². The van der Waals surface area contributed by atoms with Crippen molar-refractivity contribution in [2.45, 2.75) is 20.0 Å². The number of benzene rings is 2. The van der Waals surface area contributed by atoms with Crippen LogP contribution in [0.5, 0.6) is 11.5 Å². The third-order valence-electron chi connectivity index (χ3n) is 6.49. The van der Waals surface area contributed by atoms with E-state index in [1.54, 1.807) is 30.3 Å². The third-order valence-corrected chi connectivity index (χ3v) is 7.66. The molecule has 3 aliphatic rings. The number of amides is 2. The SMILES string of the molecule is CCOc1cc(/C=N\N2C(=O)[C@@H]3[C@@H](C2=O)[C@H]2C=C[C@H]3C2)cc(Br)c1OCc1ccc(Cl)cc1Cl. The molecular weight excluding hydrogens is 543 g/mol. The number of allylic oxidation sites excluding steroid dienone is 2. The number of hydrazone groups is 1. The standard InChI is InChI=1S/C25H21BrCl2N2O4/c1-2-33-20-8-13(7-18(26)23(20)34-12-16-5-6-17(27)10-19(16)28)11-29-30-24(31)21-14-3-4-15(9-14)22(21)25(30)32/h3-8,10-11,14-15,21-22H,2,9,12H2,1H3/b29-11-/t14-,15-,21-,22-/m0/s1. The van der Waals surface area contributed by atoms with Crippen molar-refractivity contribution in [3.05, 3.63) is 68.1 Å². The average molecular weight is 564 g/mol. The molecule has 0 unspecified atom stereocenters. The van der Waals surface area contributed by atoms with Gasteiger partial charge < -0.3 is 9.47 Å². The topological polar surface area (TPSA) is 68.2 Å². The number of fused-ring (bicyclic) bond motifs is 5. The lowest BCUT2D eigenvalue weighted by atomic mass is 9.85. The Morgan fingerprint density at radius 2 is 1.79 bits per heavy atom. The van der Waals surface area contributed by atoms with E-state index in [0.717, 1.165) is 17.0 Å². The first-order valence-corrected chi connectivity index (χ1v) is 12.6. The summed E-state index contributed by atoms with van der Waals surface area (Å²) in [5.41, 5.74) is 1.44. The van der Waals surface area contributed by atoms with Crippen molar-refractivity contribution in [2.75, 3.05) is 6.61 Å². The largest absolute Gasteiger partial charge is 0.490 e. The molecule has 1 aliphatic heterocycles. The molecule has 2 fully saturated rings. The van der Waals surface area contributed by atoms with Gasteiger partial charge in [0.2, 0.25) is 0 Å². The zero-order valence-corrected chi connectivity index (χ0v) is 21.3. The molecular formula is C25H21BrCl2N2O4. The van der Waals surface area contributed by atoms with Crippen LogP contribution in [0.3, 0.4) is 0 Å². The highest BCUT2D eigenvalue weighted by atomic mass is 79.9. The molecule has 2 aromatic carbocycles. The summed E-state index contributed by atoms with van der Waals surface area (Å²) in [5, 5.41) is 6.35. The number of halogens is 3. The van der Waals surface area contributed by atoms with E-state index in [9.17, 15) is 9.59 Å². The Labute approximate surface area is 215 Å². The van der Waals surface area contributed by atoms with Gasteiger partial charge >= 0.3 is 0 Å². The molecule has 2 aliphatic carbocycles. The Kier molecular flexibility index (Phi) is 6.44. The maximum atomic E-state index is 12.9. The lowest BCUT2D eigenvalue weighted by Crippen LogP contribution is -2.28. The van der Waals surface area contributed by atoms with Crippen LogP contribution in [0.1, 0.15) is 24.5 Å². The van der Waals surface area contributed by atoms with Crippen LogP contribution in [0, 0.1) is 23.7 Å². The maximum Gasteiger partial charge on any atom is 0.254 e. The van der Waals surface area contributed by atoms with Crippen molar-refractivity contribution in [3.8, 4) is 11.5 Å². The molecule has 2 bridgehead atoms. The zero-order valence-electron chi connectivity index (χ0n) is 18.2. The second kappa shape index (κ2) is 9.36. The molecule has 34 heavy (non-hydrogen) atoms. The van der Waals surface area contributed by atoms with Crippen molar-refractivity contribution in [3.63, 3.8) is 0 Å². The summed E-state index contributed by atoms with van der Waals surface area (Å²) >= 11 is 15.8. The first-order chi connectivity index (χ1) is 16.4. The minimum atomic E-state index is -0.277. The van der Waals surface area contributed by atoms with E-state index in [4.69, 9.17) is 32.7 Å². The maximum absolute atomic E-state index is 12.9. The highest BCUT2D eigenvalue weighted by molar-refractivity contribution is 9.10. The molecule has 5 rings (SSSR count). The highest BCUT2D eigenvalue weighted by Crippen LogP contribution is 2.52. The lowest BCUT2D eigenvalue weighted by Gasteiger charge is -2.15. The summed E-state index contributed by atoms with van der Waals surface area (Å²) in [6.07, 6.45) is 6.51. The number of hydrogen-bond acceptors (Lipinski definition) is 5. The summed E-state index contributed by atoms with van der Waals surface area (Å²) in [6, 6.07) is 8.77. The summed E-state index contributed by atoms with van der Waals surface area (Å²) in [7, 11) is 0. The molecule has 2 amide bonds. The molecule has 6 nitrogen and oxygen atoms in total. The minimum absolute atomic E-state index is 0.149. The van der Waals surface area contributed by atoms with E-state index in [0.29, 0.717) is 38.2 Å². The van der Waals surface area contributed by atoms with Gasteiger partial charge in [-0.25, -0.2) is 0 Å². The van der Waals surface area contributed by atoms with Gasteiger partial charge in [-0.05, 0) is 70.9 Å². The zero-order chi connectivity index (χ0) is 24.0. The smallest absolute Gasteiger partial charge is 0.254 e. The molecule has 1 saturated carbocycles. The van der Waals surface area contributed by atoms with Crippen LogP contribution < -0.4 is 9.47 Å². The normalized spacial score (nSPS) is 25.0. The van der Waals surface area contributed by atoms with E-state index in [2.05, 4.69) is 33.2 Å². The molecule has 9 heteroatoms. The summed E-state index contributed by atoms with van der Waals surface area (Å²) < 4.78 is 12.4. The molecule has 0 N–H and O–H groups in total. The minimum Gasteiger partial charge on any atom is -0.490 e.